The number of nitrogens with zero attached hydrogens (tertiary/aromatic N) is 4. The van der Waals surface area contributed by atoms with Crippen LogP contribution in [0.3, 0.4) is 0 Å². The van der Waals surface area contributed by atoms with E-state index in [4.69, 9.17) is 0 Å². The predicted molar refractivity (Wildman–Crippen MR) is 100 cm³/mol. The van der Waals surface area contributed by atoms with Crippen molar-refractivity contribution in [2.75, 3.05) is 13.1 Å². The quantitative estimate of drug-likeness (QED) is 0.681. The molecule has 1 saturated heterocycles. The third-order valence-corrected chi connectivity index (χ3v) is 5.02. The molecule has 0 unspecified atom stereocenters. The van der Waals surface area contributed by atoms with E-state index in [1.54, 1.807) is 43.6 Å². The Morgan fingerprint density at radius 2 is 1.86 bits per heavy atom. The van der Waals surface area contributed by atoms with Crippen molar-refractivity contribution in [2.24, 2.45) is 7.05 Å². The molecule has 0 spiro atoms. The highest BCUT2D eigenvalue weighted by Crippen LogP contribution is 2.28. The number of piperidine rings is 1. The number of amides is 1. The maximum absolute atomic E-state index is 13.3. The number of alkyl halides is 2. The summed E-state index contributed by atoms with van der Waals surface area (Å²) in [4.78, 5) is 34.9. The molecule has 3 aromatic rings. The van der Waals surface area contributed by atoms with Gasteiger partial charge in [-0.05, 0) is 24.3 Å². The summed E-state index contributed by atoms with van der Waals surface area (Å²) < 4.78 is 28.1. The molecular formula is C20H18F2N4O2. The molecular weight excluding hydrogens is 366 g/mol. The average molecular weight is 384 g/mol. The highest BCUT2D eigenvalue weighted by Gasteiger charge is 2.35. The molecule has 0 saturated carbocycles. The topological polar surface area (TPSA) is 68.1 Å². The van der Waals surface area contributed by atoms with Gasteiger partial charge in [-0.3, -0.25) is 14.6 Å². The minimum atomic E-state index is -2.70. The number of halogens is 2. The Hall–Kier alpha value is -3.16. The number of benzene rings is 1. The van der Waals surface area contributed by atoms with Gasteiger partial charge in [0, 0.05) is 44.6 Å². The van der Waals surface area contributed by atoms with Gasteiger partial charge in [-0.25, -0.2) is 13.8 Å². The highest BCUT2D eigenvalue weighted by molar-refractivity contribution is 5.97. The molecule has 0 atom stereocenters. The normalized spacial score (nSPS) is 16.3. The fourth-order valence-electron chi connectivity index (χ4n) is 3.31. The Morgan fingerprint density at radius 1 is 1.11 bits per heavy atom. The number of rotatable bonds is 2. The lowest BCUT2D eigenvalue weighted by Crippen LogP contribution is -2.42. The van der Waals surface area contributed by atoms with Gasteiger partial charge in [0.1, 0.15) is 5.69 Å². The van der Waals surface area contributed by atoms with E-state index in [2.05, 4.69) is 9.97 Å². The lowest BCUT2D eigenvalue weighted by Gasteiger charge is -2.31. The molecule has 28 heavy (non-hydrogen) atoms. The van der Waals surface area contributed by atoms with Crippen LogP contribution >= 0.6 is 0 Å². The van der Waals surface area contributed by atoms with Crippen molar-refractivity contribution in [1.29, 1.82) is 0 Å². The molecule has 0 bridgehead atoms. The van der Waals surface area contributed by atoms with Crippen LogP contribution in [0.2, 0.25) is 0 Å². The lowest BCUT2D eigenvalue weighted by atomic mass is 10.1. The molecule has 0 radical (unpaired) electrons. The van der Waals surface area contributed by atoms with Gasteiger partial charge >= 0.3 is 0 Å². The molecule has 0 N–H and O–H groups in total. The van der Waals surface area contributed by atoms with Crippen LogP contribution in [0, 0.1) is 0 Å². The third kappa shape index (κ3) is 3.37. The summed E-state index contributed by atoms with van der Waals surface area (Å²) in [6, 6.07) is 9.79. The van der Waals surface area contributed by atoms with Gasteiger partial charge in [0.15, 0.2) is 0 Å². The number of hydrogen-bond acceptors (Lipinski definition) is 4. The SMILES string of the molecule is Cn1c(-c2cnc3ccc(C(=O)N4CCC(F)(F)CC4)cc3n2)cccc1=O. The summed E-state index contributed by atoms with van der Waals surface area (Å²) in [7, 11) is 1.65. The number of fused-ring (bicyclic) bond motifs is 1. The Balaban J connectivity index is 1.67. The Kier molecular flexibility index (Phi) is 4.41. The summed E-state index contributed by atoms with van der Waals surface area (Å²) in [5.41, 5.74) is 2.44. The van der Waals surface area contributed by atoms with Crippen molar-refractivity contribution in [3.63, 3.8) is 0 Å². The number of hydrogen-bond donors (Lipinski definition) is 0. The molecule has 1 amide bonds. The molecule has 0 aliphatic carbocycles. The van der Waals surface area contributed by atoms with Gasteiger partial charge in [0.05, 0.1) is 22.9 Å². The minimum Gasteiger partial charge on any atom is -0.338 e. The van der Waals surface area contributed by atoms with Gasteiger partial charge in [-0.1, -0.05) is 6.07 Å². The molecule has 1 fully saturated rings. The van der Waals surface area contributed by atoms with Crippen molar-refractivity contribution in [3.05, 3.63) is 58.5 Å². The standard InChI is InChI=1S/C20H18F2N4O2/c1-25-17(3-2-4-18(25)27)16-12-23-14-6-5-13(11-15(14)24-16)19(28)26-9-7-20(21,22)8-10-26/h2-6,11-12H,7-10H2,1H3. The Morgan fingerprint density at radius 3 is 2.61 bits per heavy atom. The van der Waals surface area contributed by atoms with Gasteiger partial charge in [-0.2, -0.15) is 0 Å². The van der Waals surface area contributed by atoms with Crippen LogP contribution in [-0.4, -0.2) is 44.4 Å². The van der Waals surface area contributed by atoms with Gasteiger partial charge < -0.3 is 9.47 Å². The predicted octanol–water partition coefficient (Wildman–Crippen LogP) is 2.87. The first-order valence-corrected chi connectivity index (χ1v) is 8.94. The molecule has 4 rings (SSSR count). The number of carbonyl (C=O) groups excluding carboxylic acids is 1. The van der Waals surface area contributed by atoms with Crippen LogP contribution in [0.4, 0.5) is 8.78 Å². The Labute approximate surface area is 159 Å². The van der Waals surface area contributed by atoms with E-state index in [0.29, 0.717) is 28.0 Å². The molecule has 8 heteroatoms. The maximum Gasteiger partial charge on any atom is 0.253 e. The zero-order valence-corrected chi connectivity index (χ0v) is 15.2. The van der Waals surface area contributed by atoms with Crippen molar-refractivity contribution in [2.45, 2.75) is 18.8 Å². The summed E-state index contributed by atoms with van der Waals surface area (Å²) in [6.07, 6.45) is 0.932. The van der Waals surface area contributed by atoms with Crippen LogP contribution in [-0.2, 0) is 7.05 Å². The molecule has 1 aromatic carbocycles. The van der Waals surface area contributed by atoms with Crippen LogP contribution in [0.1, 0.15) is 23.2 Å². The number of aromatic nitrogens is 3. The van der Waals surface area contributed by atoms with Gasteiger partial charge in [0.2, 0.25) is 0 Å². The zero-order valence-electron chi connectivity index (χ0n) is 15.2. The maximum atomic E-state index is 13.3. The monoisotopic (exact) mass is 384 g/mol. The molecule has 1 aliphatic heterocycles. The first-order valence-electron chi connectivity index (χ1n) is 8.94. The van der Waals surface area contributed by atoms with E-state index in [1.165, 1.54) is 15.5 Å². The van der Waals surface area contributed by atoms with E-state index in [9.17, 15) is 18.4 Å². The Bertz CT molecular complexity index is 1120. The molecule has 1 aliphatic rings. The minimum absolute atomic E-state index is 0.0295. The fourth-order valence-corrected chi connectivity index (χ4v) is 3.31. The van der Waals surface area contributed by atoms with E-state index in [1.807, 2.05) is 0 Å². The number of pyridine rings is 1. The molecule has 144 valence electrons. The van der Waals surface area contributed by atoms with E-state index >= 15 is 0 Å². The van der Waals surface area contributed by atoms with Gasteiger partial charge in [0.25, 0.3) is 17.4 Å². The smallest absolute Gasteiger partial charge is 0.253 e. The van der Waals surface area contributed by atoms with E-state index < -0.39 is 5.92 Å². The van der Waals surface area contributed by atoms with Crippen LogP contribution in [0.5, 0.6) is 0 Å². The third-order valence-electron chi connectivity index (χ3n) is 5.02. The van der Waals surface area contributed by atoms with Crippen molar-refractivity contribution in [1.82, 2.24) is 19.4 Å². The largest absolute Gasteiger partial charge is 0.338 e. The van der Waals surface area contributed by atoms with Crippen molar-refractivity contribution < 1.29 is 13.6 Å². The molecule has 3 heterocycles. The second kappa shape index (κ2) is 6.78. The second-order valence-corrected chi connectivity index (χ2v) is 6.92. The summed E-state index contributed by atoms with van der Waals surface area (Å²) in [6.45, 7) is 0.0590. The number of carbonyl (C=O) groups is 1. The molecule has 2 aromatic heterocycles. The van der Waals surface area contributed by atoms with Crippen molar-refractivity contribution in [3.8, 4) is 11.4 Å². The average Bonchev–Trinajstić information content (AvgIpc) is 2.69. The summed E-state index contributed by atoms with van der Waals surface area (Å²) in [5, 5.41) is 0. The van der Waals surface area contributed by atoms with Crippen LogP contribution < -0.4 is 5.56 Å². The van der Waals surface area contributed by atoms with E-state index in [-0.39, 0.29) is 37.4 Å². The summed E-state index contributed by atoms with van der Waals surface area (Å²) >= 11 is 0. The first-order chi connectivity index (χ1) is 13.3. The fraction of sp³-hybridized carbons (Fsp3) is 0.300. The lowest BCUT2D eigenvalue weighted by molar-refractivity contribution is -0.0494. The van der Waals surface area contributed by atoms with Crippen LogP contribution in [0.25, 0.3) is 22.4 Å². The van der Waals surface area contributed by atoms with Gasteiger partial charge in [-0.15, -0.1) is 0 Å². The number of likely N-dealkylation sites (tertiary alicyclic amines) is 1. The highest BCUT2D eigenvalue weighted by atomic mass is 19.3. The van der Waals surface area contributed by atoms with Crippen molar-refractivity contribution >= 4 is 16.9 Å². The van der Waals surface area contributed by atoms with E-state index in [0.717, 1.165) is 0 Å². The zero-order chi connectivity index (χ0) is 19.9. The summed E-state index contributed by atoms with van der Waals surface area (Å²) in [5.74, 6) is -3.00. The van der Waals surface area contributed by atoms with Crippen LogP contribution in [0.15, 0.2) is 47.4 Å². The molecule has 6 nitrogen and oxygen atoms in total. The first kappa shape index (κ1) is 18.2. The second-order valence-electron chi connectivity index (χ2n) is 6.92.